The predicted octanol–water partition coefficient (Wildman–Crippen LogP) is 1.08. The van der Waals surface area contributed by atoms with Crippen molar-refractivity contribution in [2.75, 3.05) is 18.6 Å². The van der Waals surface area contributed by atoms with Crippen molar-refractivity contribution >= 4 is 20.9 Å². The van der Waals surface area contributed by atoms with Crippen molar-refractivity contribution in [3.05, 3.63) is 29.8 Å². The lowest BCUT2D eigenvalue weighted by Crippen LogP contribution is -2.11. The minimum Gasteiger partial charge on any atom is -0.265 e. The van der Waals surface area contributed by atoms with Gasteiger partial charge in [-0.2, -0.15) is 8.42 Å². The minimum atomic E-state index is -3.71. The Bertz CT molecular complexity index is 462. The number of rotatable bonds is 5. The first-order chi connectivity index (χ1) is 7.42. The standard InChI is InChI=1S/C10H14O4S2/c1-9-3-5-10(6-4-9)16(12,13)14-7-8-15(2)11/h3-6H,7-8H2,1-2H3. The van der Waals surface area contributed by atoms with E-state index in [0.717, 1.165) is 5.56 Å². The van der Waals surface area contributed by atoms with Crippen LogP contribution in [-0.2, 0) is 25.1 Å². The van der Waals surface area contributed by atoms with E-state index in [1.807, 2.05) is 6.92 Å². The van der Waals surface area contributed by atoms with Gasteiger partial charge in [0.15, 0.2) is 0 Å². The quantitative estimate of drug-likeness (QED) is 0.745. The molecule has 90 valence electrons. The number of hydrogen-bond acceptors (Lipinski definition) is 4. The molecule has 0 amide bonds. The van der Waals surface area contributed by atoms with E-state index in [0.29, 0.717) is 0 Å². The molecule has 6 heteroatoms. The molecule has 0 aromatic heterocycles. The Hall–Kier alpha value is -0.720. The molecule has 1 aromatic carbocycles. The lowest BCUT2D eigenvalue weighted by atomic mass is 10.2. The van der Waals surface area contributed by atoms with Crippen molar-refractivity contribution in [3.63, 3.8) is 0 Å². The lowest BCUT2D eigenvalue weighted by molar-refractivity contribution is 0.340. The largest absolute Gasteiger partial charge is 0.297 e. The fourth-order valence-electron chi connectivity index (χ4n) is 1.03. The molecule has 0 aliphatic rings. The van der Waals surface area contributed by atoms with Crippen LogP contribution >= 0.6 is 0 Å². The maximum atomic E-state index is 11.6. The van der Waals surface area contributed by atoms with Gasteiger partial charge in [-0.3, -0.25) is 8.39 Å². The first-order valence-electron chi connectivity index (χ1n) is 4.68. The summed E-state index contributed by atoms with van der Waals surface area (Å²) in [5.74, 6) is 0.213. The van der Waals surface area contributed by atoms with Gasteiger partial charge in [-0.05, 0) is 19.1 Å². The summed E-state index contributed by atoms with van der Waals surface area (Å²) in [5, 5.41) is 0. The molecule has 0 spiro atoms. The molecule has 1 rings (SSSR count). The zero-order valence-electron chi connectivity index (χ0n) is 9.17. The molecule has 16 heavy (non-hydrogen) atoms. The van der Waals surface area contributed by atoms with E-state index in [-0.39, 0.29) is 17.3 Å². The fraction of sp³-hybridized carbons (Fsp3) is 0.400. The lowest BCUT2D eigenvalue weighted by Gasteiger charge is -2.04. The Labute approximate surface area is 98.2 Å². The maximum Gasteiger partial charge on any atom is 0.297 e. The van der Waals surface area contributed by atoms with Crippen LogP contribution in [0.25, 0.3) is 0 Å². The van der Waals surface area contributed by atoms with E-state index in [2.05, 4.69) is 0 Å². The van der Waals surface area contributed by atoms with Gasteiger partial charge in [-0.25, -0.2) is 0 Å². The van der Waals surface area contributed by atoms with Crippen molar-refractivity contribution in [3.8, 4) is 0 Å². The van der Waals surface area contributed by atoms with Gasteiger partial charge in [0.1, 0.15) is 0 Å². The van der Waals surface area contributed by atoms with Crippen LogP contribution < -0.4 is 0 Å². The van der Waals surface area contributed by atoms with Gasteiger partial charge in [0.05, 0.1) is 11.5 Å². The van der Waals surface area contributed by atoms with E-state index in [1.165, 1.54) is 18.4 Å². The highest BCUT2D eigenvalue weighted by molar-refractivity contribution is 7.87. The summed E-state index contributed by atoms with van der Waals surface area (Å²) in [6.07, 6.45) is 1.50. The van der Waals surface area contributed by atoms with E-state index in [1.54, 1.807) is 12.1 Å². The summed E-state index contributed by atoms with van der Waals surface area (Å²) in [6, 6.07) is 6.39. The van der Waals surface area contributed by atoms with E-state index < -0.39 is 20.9 Å². The summed E-state index contributed by atoms with van der Waals surface area (Å²) >= 11 is 0. The average Bonchev–Trinajstić information content (AvgIpc) is 2.17. The van der Waals surface area contributed by atoms with Gasteiger partial charge >= 0.3 is 0 Å². The van der Waals surface area contributed by atoms with E-state index >= 15 is 0 Å². The molecule has 1 aromatic rings. The number of aryl methyl sites for hydroxylation is 1. The molecule has 1 unspecified atom stereocenters. The van der Waals surface area contributed by atoms with Crippen molar-refractivity contribution < 1.29 is 16.8 Å². The zero-order chi connectivity index (χ0) is 12.2. The Morgan fingerprint density at radius 3 is 2.31 bits per heavy atom. The summed E-state index contributed by atoms with van der Waals surface area (Å²) in [6.45, 7) is 1.82. The van der Waals surface area contributed by atoms with Gasteiger partial charge in [0.2, 0.25) is 0 Å². The molecule has 0 fully saturated rings. The van der Waals surface area contributed by atoms with Crippen molar-refractivity contribution in [1.29, 1.82) is 0 Å². The van der Waals surface area contributed by atoms with Crippen molar-refractivity contribution in [2.45, 2.75) is 11.8 Å². The SMILES string of the molecule is Cc1ccc(S(=O)(=O)OCCS(C)=O)cc1. The molecule has 0 saturated heterocycles. The topological polar surface area (TPSA) is 60.4 Å². The predicted molar refractivity (Wildman–Crippen MR) is 63.3 cm³/mol. The Kier molecular flexibility index (Phi) is 4.64. The van der Waals surface area contributed by atoms with Crippen molar-refractivity contribution in [1.82, 2.24) is 0 Å². The number of hydrogen-bond donors (Lipinski definition) is 0. The molecule has 1 atom stereocenters. The first-order valence-corrected chi connectivity index (χ1v) is 7.81. The Morgan fingerprint density at radius 1 is 1.25 bits per heavy atom. The third-order valence-electron chi connectivity index (χ3n) is 1.92. The highest BCUT2D eigenvalue weighted by atomic mass is 32.2. The number of benzene rings is 1. The highest BCUT2D eigenvalue weighted by Crippen LogP contribution is 2.12. The monoisotopic (exact) mass is 262 g/mol. The van der Waals surface area contributed by atoms with Crippen LogP contribution in [0.15, 0.2) is 29.2 Å². The van der Waals surface area contributed by atoms with E-state index in [9.17, 15) is 12.6 Å². The molecular formula is C10H14O4S2. The van der Waals surface area contributed by atoms with Crippen molar-refractivity contribution in [2.24, 2.45) is 0 Å². The average molecular weight is 262 g/mol. The Morgan fingerprint density at radius 2 is 1.81 bits per heavy atom. The van der Waals surface area contributed by atoms with Gasteiger partial charge < -0.3 is 0 Å². The second kappa shape index (κ2) is 5.56. The molecule has 0 aliphatic carbocycles. The minimum absolute atomic E-state index is 0.0562. The van der Waals surface area contributed by atoms with Crippen LogP contribution in [0, 0.1) is 6.92 Å². The Balaban J connectivity index is 2.71. The smallest absolute Gasteiger partial charge is 0.265 e. The molecule has 0 heterocycles. The van der Waals surface area contributed by atoms with Crippen LogP contribution in [-0.4, -0.2) is 31.2 Å². The third-order valence-corrected chi connectivity index (χ3v) is 3.99. The summed E-state index contributed by atoms with van der Waals surface area (Å²) in [4.78, 5) is 0.125. The van der Waals surface area contributed by atoms with Gasteiger partial charge in [-0.1, -0.05) is 17.7 Å². The first kappa shape index (κ1) is 13.3. The molecule has 0 bridgehead atoms. The maximum absolute atomic E-state index is 11.6. The summed E-state index contributed by atoms with van der Waals surface area (Å²) < 4.78 is 38.7. The van der Waals surface area contributed by atoms with Crippen LogP contribution in [0.1, 0.15) is 5.56 Å². The fourth-order valence-corrected chi connectivity index (χ4v) is 2.37. The molecule has 0 aliphatic heterocycles. The molecule has 4 nitrogen and oxygen atoms in total. The molecular weight excluding hydrogens is 248 g/mol. The second-order valence-corrected chi connectivity index (χ2v) is 6.54. The van der Waals surface area contributed by atoms with E-state index in [4.69, 9.17) is 4.18 Å². The third kappa shape index (κ3) is 4.03. The molecule has 0 N–H and O–H groups in total. The van der Waals surface area contributed by atoms with Gasteiger partial charge in [0, 0.05) is 22.8 Å². The second-order valence-electron chi connectivity index (χ2n) is 3.37. The normalized spacial score (nSPS) is 13.6. The van der Waals surface area contributed by atoms with Crippen LogP contribution in [0.5, 0.6) is 0 Å². The molecule has 0 radical (unpaired) electrons. The van der Waals surface area contributed by atoms with Crippen LogP contribution in [0.3, 0.4) is 0 Å². The highest BCUT2D eigenvalue weighted by Gasteiger charge is 2.14. The van der Waals surface area contributed by atoms with Crippen LogP contribution in [0.2, 0.25) is 0 Å². The summed E-state index contributed by atoms with van der Waals surface area (Å²) in [5.41, 5.74) is 0.980. The van der Waals surface area contributed by atoms with Gasteiger partial charge in [-0.15, -0.1) is 0 Å². The van der Waals surface area contributed by atoms with Crippen LogP contribution in [0.4, 0.5) is 0 Å². The molecule has 0 saturated carbocycles. The zero-order valence-corrected chi connectivity index (χ0v) is 10.8. The van der Waals surface area contributed by atoms with Gasteiger partial charge in [0.25, 0.3) is 10.1 Å². The summed E-state index contributed by atoms with van der Waals surface area (Å²) in [7, 11) is -4.76.